The Morgan fingerprint density at radius 2 is 1.97 bits per heavy atom. The number of fused-ring (bicyclic) bond motifs is 2. The van der Waals surface area contributed by atoms with Crippen LogP contribution in [0, 0.1) is 0 Å². The molecule has 1 atom stereocenters. The summed E-state index contributed by atoms with van der Waals surface area (Å²) in [4.78, 5) is 9.06. The van der Waals surface area contributed by atoms with Crippen LogP contribution in [0.4, 0.5) is 0 Å². The van der Waals surface area contributed by atoms with Crippen molar-refractivity contribution in [2.75, 3.05) is 40.0 Å². The average molecular weight is 552 g/mol. The summed E-state index contributed by atoms with van der Waals surface area (Å²) in [6, 6.07) is 14.5. The number of aliphatic hydroxyl groups excluding tert-OH is 1. The number of hydrogen-bond donors (Lipinski definition) is 2. The van der Waals surface area contributed by atoms with Crippen LogP contribution in [0.15, 0.2) is 47.5 Å². The highest BCUT2D eigenvalue weighted by Crippen LogP contribution is 2.32. The van der Waals surface area contributed by atoms with Gasteiger partial charge in [0.05, 0.1) is 12.6 Å². The first kappa shape index (κ1) is 24.6. The number of ether oxygens (including phenoxy) is 2. The molecule has 0 amide bonds. The molecule has 2 heterocycles. The average Bonchev–Trinajstić information content (AvgIpc) is 3.24. The number of hydrogen-bond acceptors (Lipinski definition) is 5. The number of rotatable bonds is 7. The minimum absolute atomic E-state index is 0. The summed E-state index contributed by atoms with van der Waals surface area (Å²) in [5.74, 6) is 2.35. The van der Waals surface area contributed by atoms with E-state index in [4.69, 9.17) is 14.5 Å². The highest BCUT2D eigenvalue weighted by Gasteiger charge is 2.19. The van der Waals surface area contributed by atoms with Crippen LogP contribution in [-0.2, 0) is 19.5 Å². The summed E-state index contributed by atoms with van der Waals surface area (Å²) in [6.45, 7) is 6.63. The van der Waals surface area contributed by atoms with Crippen molar-refractivity contribution in [1.82, 2.24) is 15.1 Å². The van der Waals surface area contributed by atoms with E-state index < -0.39 is 6.10 Å². The molecule has 2 aliphatic heterocycles. The zero-order chi connectivity index (χ0) is 21.6. The third-order valence-corrected chi connectivity index (χ3v) is 5.68. The van der Waals surface area contributed by atoms with Gasteiger partial charge in [-0.25, -0.2) is 0 Å². The van der Waals surface area contributed by atoms with E-state index in [0.717, 1.165) is 49.1 Å². The summed E-state index contributed by atoms with van der Waals surface area (Å²) in [5.41, 5.74) is 3.90. The maximum atomic E-state index is 10.6. The number of aliphatic imine (C=N–C) groups is 1. The lowest BCUT2D eigenvalue weighted by Crippen LogP contribution is -2.40. The molecule has 0 spiro atoms. The highest BCUT2D eigenvalue weighted by atomic mass is 127. The second-order valence-electron chi connectivity index (χ2n) is 8.15. The molecule has 32 heavy (non-hydrogen) atoms. The van der Waals surface area contributed by atoms with Gasteiger partial charge in [-0.3, -0.25) is 9.89 Å². The van der Waals surface area contributed by atoms with Gasteiger partial charge in [0.1, 0.15) is 0 Å². The van der Waals surface area contributed by atoms with Crippen molar-refractivity contribution in [3.63, 3.8) is 0 Å². The normalized spacial score (nSPS) is 16.2. The van der Waals surface area contributed by atoms with Crippen molar-refractivity contribution in [1.29, 1.82) is 0 Å². The fourth-order valence-corrected chi connectivity index (χ4v) is 4.12. The molecule has 0 radical (unpaired) electrons. The Morgan fingerprint density at radius 1 is 1.19 bits per heavy atom. The monoisotopic (exact) mass is 552 g/mol. The fourth-order valence-electron chi connectivity index (χ4n) is 4.12. The summed E-state index contributed by atoms with van der Waals surface area (Å²) in [7, 11) is 2.00. The van der Waals surface area contributed by atoms with Crippen LogP contribution in [-0.4, -0.2) is 67.0 Å². The first-order chi connectivity index (χ1) is 15.1. The van der Waals surface area contributed by atoms with Crippen molar-refractivity contribution in [3.8, 4) is 11.5 Å². The third-order valence-electron chi connectivity index (χ3n) is 5.68. The van der Waals surface area contributed by atoms with E-state index in [0.29, 0.717) is 19.6 Å². The lowest BCUT2D eigenvalue weighted by atomic mass is 10.00. The van der Waals surface area contributed by atoms with E-state index in [1.165, 1.54) is 11.1 Å². The topological polar surface area (TPSA) is 69.6 Å². The predicted molar refractivity (Wildman–Crippen MR) is 137 cm³/mol. The standard InChI is InChI=1S/C24H32N4O3.HI/c1-3-25-24(27(2)14-18-8-9-22-23(12-18)31-17-30-22)26-13-21(29)16-28-11-10-19-6-4-5-7-20(19)15-28;/h4-9,12,21,29H,3,10-11,13-17H2,1-2H3,(H,25,26);1H. The van der Waals surface area contributed by atoms with E-state index in [1.807, 2.05) is 32.2 Å². The van der Waals surface area contributed by atoms with Gasteiger partial charge in [-0.1, -0.05) is 30.3 Å². The summed E-state index contributed by atoms with van der Waals surface area (Å²) in [6.07, 6.45) is 0.533. The smallest absolute Gasteiger partial charge is 0.231 e. The SMILES string of the molecule is CCNC(=NCC(O)CN1CCc2ccccc2C1)N(C)Cc1ccc2c(c1)OCO2.I. The van der Waals surface area contributed by atoms with Crippen LogP contribution in [0.3, 0.4) is 0 Å². The lowest BCUT2D eigenvalue weighted by molar-refractivity contribution is 0.111. The molecule has 2 N–H and O–H groups in total. The zero-order valence-corrected chi connectivity index (χ0v) is 21.1. The molecule has 0 aromatic heterocycles. The van der Waals surface area contributed by atoms with Crippen LogP contribution in [0.2, 0.25) is 0 Å². The number of benzene rings is 2. The molecule has 2 aromatic carbocycles. The summed E-state index contributed by atoms with van der Waals surface area (Å²) >= 11 is 0. The number of nitrogens with one attached hydrogen (secondary N) is 1. The molecule has 0 aliphatic carbocycles. The van der Waals surface area contributed by atoms with Crippen LogP contribution in [0.1, 0.15) is 23.6 Å². The molecular formula is C24H33IN4O3. The van der Waals surface area contributed by atoms with Gasteiger partial charge in [0.25, 0.3) is 0 Å². The molecule has 0 bridgehead atoms. The van der Waals surface area contributed by atoms with Crippen LogP contribution < -0.4 is 14.8 Å². The quantitative estimate of drug-likeness (QED) is 0.313. The van der Waals surface area contributed by atoms with Gasteiger partial charge >= 0.3 is 0 Å². The Morgan fingerprint density at radius 3 is 2.78 bits per heavy atom. The Bertz CT molecular complexity index is 924. The van der Waals surface area contributed by atoms with Crippen LogP contribution >= 0.6 is 24.0 Å². The molecule has 0 saturated carbocycles. The number of β-amino-alcohol motifs (C(OH)–C–C–N with tert-alkyl or cyclic N) is 1. The second kappa shape index (κ2) is 11.7. The molecule has 0 fully saturated rings. The largest absolute Gasteiger partial charge is 0.454 e. The van der Waals surface area contributed by atoms with E-state index in [1.54, 1.807) is 0 Å². The van der Waals surface area contributed by atoms with Crippen LogP contribution in [0.5, 0.6) is 11.5 Å². The van der Waals surface area contributed by atoms with Crippen LogP contribution in [0.25, 0.3) is 0 Å². The van der Waals surface area contributed by atoms with Gasteiger partial charge in [-0.05, 0) is 42.2 Å². The molecular weight excluding hydrogens is 519 g/mol. The first-order valence-corrected chi connectivity index (χ1v) is 11.0. The Hall–Kier alpha value is -2.04. The number of nitrogens with zero attached hydrogens (tertiary/aromatic N) is 3. The van der Waals surface area contributed by atoms with Gasteiger partial charge in [0.2, 0.25) is 6.79 Å². The van der Waals surface area contributed by atoms with Gasteiger partial charge in [-0.2, -0.15) is 0 Å². The number of aliphatic hydroxyl groups is 1. The van der Waals surface area contributed by atoms with Crippen molar-refractivity contribution in [2.45, 2.75) is 32.5 Å². The van der Waals surface area contributed by atoms with E-state index in [9.17, 15) is 5.11 Å². The van der Waals surface area contributed by atoms with Gasteiger partial charge in [0.15, 0.2) is 17.5 Å². The zero-order valence-electron chi connectivity index (χ0n) is 18.8. The highest BCUT2D eigenvalue weighted by molar-refractivity contribution is 14.0. The van der Waals surface area contributed by atoms with Crippen molar-refractivity contribution < 1.29 is 14.6 Å². The molecule has 2 aromatic rings. The van der Waals surface area contributed by atoms with Gasteiger partial charge in [-0.15, -0.1) is 24.0 Å². The van der Waals surface area contributed by atoms with Gasteiger partial charge < -0.3 is 24.8 Å². The van der Waals surface area contributed by atoms with Gasteiger partial charge in [0, 0.05) is 39.8 Å². The third kappa shape index (κ3) is 6.26. The molecule has 8 heteroatoms. The molecule has 4 rings (SSSR count). The van der Waals surface area contributed by atoms with Crippen molar-refractivity contribution in [2.24, 2.45) is 4.99 Å². The Balaban J connectivity index is 0.00000289. The minimum Gasteiger partial charge on any atom is -0.454 e. The summed E-state index contributed by atoms with van der Waals surface area (Å²) < 4.78 is 10.9. The Kier molecular flexibility index (Phi) is 9.01. The van der Waals surface area contributed by atoms with E-state index in [-0.39, 0.29) is 30.8 Å². The van der Waals surface area contributed by atoms with Crippen molar-refractivity contribution in [3.05, 3.63) is 59.2 Å². The maximum Gasteiger partial charge on any atom is 0.231 e. The molecule has 174 valence electrons. The van der Waals surface area contributed by atoms with Crippen molar-refractivity contribution >= 4 is 29.9 Å². The van der Waals surface area contributed by atoms with E-state index in [2.05, 4.69) is 39.4 Å². The molecule has 7 nitrogen and oxygen atoms in total. The first-order valence-electron chi connectivity index (χ1n) is 11.0. The summed E-state index contributed by atoms with van der Waals surface area (Å²) in [5, 5.41) is 13.9. The molecule has 2 aliphatic rings. The maximum absolute atomic E-state index is 10.6. The molecule has 0 saturated heterocycles. The lowest BCUT2D eigenvalue weighted by Gasteiger charge is -2.30. The van der Waals surface area contributed by atoms with E-state index >= 15 is 0 Å². The number of guanidine groups is 1. The second-order valence-corrected chi connectivity index (χ2v) is 8.15. The molecule has 1 unspecified atom stereocenters. The Labute approximate surface area is 207 Å². The predicted octanol–water partition coefficient (Wildman–Crippen LogP) is 2.85. The minimum atomic E-state index is -0.502. The number of halogens is 1. The fraction of sp³-hybridized carbons (Fsp3) is 0.458.